The molecule has 0 amide bonds. The number of rotatable bonds is 7. The van der Waals surface area contributed by atoms with Crippen LogP contribution in [0, 0.1) is 0 Å². The van der Waals surface area contributed by atoms with Crippen molar-refractivity contribution < 1.29 is 18.3 Å². The molecule has 20 heavy (non-hydrogen) atoms. The topological polar surface area (TPSA) is 44.8 Å². The molecule has 1 aliphatic rings. The van der Waals surface area contributed by atoms with Crippen LogP contribution >= 0.6 is 7.60 Å². The van der Waals surface area contributed by atoms with E-state index in [-0.39, 0.29) is 6.16 Å². The highest BCUT2D eigenvalue weighted by Crippen LogP contribution is 2.55. The highest BCUT2D eigenvalue weighted by atomic mass is 31.2. The molecule has 0 spiro atoms. The SMILES string of the molecule is CCOP(=O)(CC1(c2ccccc2)CCCO1)OCC. The number of benzene rings is 1. The summed E-state index contributed by atoms with van der Waals surface area (Å²) in [6, 6.07) is 9.97. The van der Waals surface area contributed by atoms with Gasteiger partial charge in [0.25, 0.3) is 0 Å². The molecule has 0 saturated carbocycles. The van der Waals surface area contributed by atoms with Crippen molar-refractivity contribution in [3.8, 4) is 0 Å². The summed E-state index contributed by atoms with van der Waals surface area (Å²) in [5.41, 5.74) is 0.512. The van der Waals surface area contributed by atoms with E-state index in [1.165, 1.54) is 0 Å². The molecule has 1 atom stereocenters. The Morgan fingerprint density at radius 1 is 1.20 bits per heavy atom. The van der Waals surface area contributed by atoms with Crippen molar-refractivity contribution in [1.29, 1.82) is 0 Å². The van der Waals surface area contributed by atoms with Crippen molar-refractivity contribution in [2.24, 2.45) is 0 Å². The van der Waals surface area contributed by atoms with Gasteiger partial charge in [-0.2, -0.15) is 0 Å². The fourth-order valence-electron chi connectivity index (χ4n) is 2.72. The predicted molar refractivity (Wildman–Crippen MR) is 79.0 cm³/mol. The Kier molecular flexibility index (Phi) is 5.39. The summed E-state index contributed by atoms with van der Waals surface area (Å²) in [5, 5.41) is 0. The van der Waals surface area contributed by atoms with Crippen LogP contribution in [0.15, 0.2) is 30.3 Å². The van der Waals surface area contributed by atoms with Crippen molar-refractivity contribution in [1.82, 2.24) is 0 Å². The number of hydrogen-bond acceptors (Lipinski definition) is 4. The molecule has 0 radical (unpaired) electrons. The summed E-state index contributed by atoms with van der Waals surface area (Å²) < 4.78 is 29.7. The van der Waals surface area contributed by atoms with E-state index < -0.39 is 13.2 Å². The lowest BCUT2D eigenvalue weighted by Crippen LogP contribution is -2.30. The second-order valence-corrected chi connectivity index (χ2v) is 6.97. The lowest BCUT2D eigenvalue weighted by molar-refractivity contribution is 0.0137. The highest BCUT2D eigenvalue weighted by Gasteiger charge is 2.44. The second kappa shape index (κ2) is 6.86. The summed E-state index contributed by atoms with van der Waals surface area (Å²) in [6.45, 7) is 5.10. The zero-order valence-corrected chi connectivity index (χ0v) is 13.1. The molecular weight excluding hydrogens is 275 g/mol. The van der Waals surface area contributed by atoms with Gasteiger partial charge in [-0.15, -0.1) is 0 Å². The van der Waals surface area contributed by atoms with E-state index in [0.29, 0.717) is 19.8 Å². The first-order chi connectivity index (χ1) is 9.64. The average Bonchev–Trinajstić information content (AvgIpc) is 2.89. The minimum absolute atomic E-state index is 0.283. The van der Waals surface area contributed by atoms with Gasteiger partial charge in [-0.05, 0) is 32.3 Å². The van der Waals surface area contributed by atoms with Crippen LogP contribution in [-0.4, -0.2) is 26.0 Å². The molecule has 1 aliphatic heterocycles. The van der Waals surface area contributed by atoms with Crippen LogP contribution in [0.5, 0.6) is 0 Å². The quantitative estimate of drug-likeness (QED) is 0.715. The lowest BCUT2D eigenvalue weighted by atomic mass is 9.93. The summed E-state index contributed by atoms with van der Waals surface area (Å²) in [5.74, 6) is 0. The first kappa shape index (κ1) is 15.7. The fraction of sp³-hybridized carbons (Fsp3) is 0.600. The maximum absolute atomic E-state index is 12.8. The van der Waals surface area contributed by atoms with Crippen LogP contribution < -0.4 is 0 Å². The van der Waals surface area contributed by atoms with Gasteiger partial charge in [0, 0.05) is 6.61 Å². The number of ether oxygens (including phenoxy) is 1. The van der Waals surface area contributed by atoms with Gasteiger partial charge in [-0.3, -0.25) is 4.57 Å². The Bertz CT molecular complexity index is 444. The molecule has 4 nitrogen and oxygen atoms in total. The molecule has 1 aromatic rings. The van der Waals surface area contributed by atoms with Crippen molar-refractivity contribution >= 4 is 7.60 Å². The highest BCUT2D eigenvalue weighted by molar-refractivity contribution is 7.53. The normalized spacial score (nSPS) is 23.1. The van der Waals surface area contributed by atoms with E-state index in [2.05, 4.69) is 0 Å². The summed E-state index contributed by atoms with van der Waals surface area (Å²) in [6.07, 6.45) is 2.10. The maximum atomic E-state index is 12.8. The molecule has 1 fully saturated rings. The molecule has 2 rings (SSSR count). The molecular formula is C15H23O4P. The zero-order chi connectivity index (χ0) is 14.5. The molecule has 1 heterocycles. The first-order valence-corrected chi connectivity index (χ1v) is 8.94. The van der Waals surface area contributed by atoms with Crippen LogP contribution in [0.4, 0.5) is 0 Å². The van der Waals surface area contributed by atoms with Gasteiger partial charge in [-0.1, -0.05) is 30.3 Å². The number of hydrogen-bond donors (Lipinski definition) is 0. The van der Waals surface area contributed by atoms with E-state index in [1.54, 1.807) is 0 Å². The minimum Gasteiger partial charge on any atom is -0.370 e. The van der Waals surface area contributed by atoms with E-state index >= 15 is 0 Å². The monoisotopic (exact) mass is 298 g/mol. The van der Waals surface area contributed by atoms with Crippen LogP contribution in [0.2, 0.25) is 0 Å². The third kappa shape index (κ3) is 3.50. The van der Waals surface area contributed by atoms with Gasteiger partial charge in [0.2, 0.25) is 0 Å². The van der Waals surface area contributed by atoms with E-state index in [0.717, 1.165) is 18.4 Å². The Hall–Kier alpha value is -0.670. The Morgan fingerprint density at radius 3 is 2.35 bits per heavy atom. The smallest absolute Gasteiger partial charge is 0.333 e. The Labute approximate surface area is 121 Å². The van der Waals surface area contributed by atoms with Crippen LogP contribution in [-0.2, 0) is 24.0 Å². The predicted octanol–water partition coefficient (Wildman–Crippen LogP) is 3.96. The Morgan fingerprint density at radius 2 is 1.85 bits per heavy atom. The molecule has 1 aromatic carbocycles. The Balaban J connectivity index is 2.27. The molecule has 1 unspecified atom stereocenters. The second-order valence-electron chi connectivity index (χ2n) is 4.92. The van der Waals surface area contributed by atoms with E-state index in [1.807, 2.05) is 44.2 Å². The third-order valence-corrected chi connectivity index (χ3v) is 5.71. The van der Waals surface area contributed by atoms with Gasteiger partial charge < -0.3 is 13.8 Å². The molecule has 112 valence electrons. The summed E-state index contributed by atoms with van der Waals surface area (Å²) in [4.78, 5) is 0. The van der Waals surface area contributed by atoms with Crippen molar-refractivity contribution in [3.05, 3.63) is 35.9 Å². The minimum atomic E-state index is -3.12. The third-order valence-electron chi connectivity index (χ3n) is 3.50. The van der Waals surface area contributed by atoms with Crippen molar-refractivity contribution in [2.45, 2.75) is 32.3 Å². The fourth-order valence-corrected chi connectivity index (χ4v) is 4.82. The molecule has 1 saturated heterocycles. The van der Waals surface area contributed by atoms with Crippen molar-refractivity contribution in [3.63, 3.8) is 0 Å². The average molecular weight is 298 g/mol. The van der Waals surface area contributed by atoms with E-state index in [4.69, 9.17) is 13.8 Å². The van der Waals surface area contributed by atoms with Crippen LogP contribution in [0.1, 0.15) is 32.3 Å². The van der Waals surface area contributed by atoms with Gasteiger partial charge in [0.1, 0.15) is 5.60 Å². The van der Waals surface area contributed by atoms with Crippen LogP contribution in [0.3, 0.4) is 0 Å². The van der Waals surface area contributed by atoms with Gasteiger partial charge in [0.15, 0.2) is 0 Å². The largest absolute Gasteiger partial charge is 0.370 e. The van der Waals surface area contributed by atoms with Crippen molar-refractivity contribution in [2.75, 3.05) is 26.0 Å². The summed E-state index contributed by atoms with van der Waals surface area (Å²) >= 11 is 0. The molecule has 0 aliphatic carbocycles. The van der Waals surface area contributed by atoms with Gasteiger partial charge >= 0.3 is 7.60 Å². The van der Waals surface area contributed by atoms with Gasteiger partial charge in [0.05, 0.1) is 19.4 Å². The standard InChI is InChI=1S/C15H23O4P/c1-3-18-20(16,19-4-2)13-15(11-8-12-17-15)14-9-6-5-7-10-14/h5-7,9-10H,3-4,8,11-13H2,1-2H3. The molecule has 0 bridgehead atoms. The lowest BCUT2D eigenvalue weighted by Gasteiger charge is -2.32. The summed E-state index contributed by atoms with van der Waals surface area (Å²) in [7, 11) is -3.12. The molecule has 0 aromatic heterocycles. The molecule has 0 N–H and O–H groups in total. The van der Waals surface area contributed by atoms with Crippen LogP contribution in [0.25, 0.3) is 0 Å². The zero-order valence-electron chi connectivity index (χ0n) is 12.2. The van der Waals surface area contributed by atoms with Gasteiger partial charge in [-0.25, -0.2) is 0 Å². The maximum Gasteiger partial charge on any atom is 0.333 e. The first-order valence-electron chi connectivity index (χ1n) is 7.22. The molecule has 5 heteroatoms. The van der Waals surface area contributed by atoms with E-state index in [9.17, 15) is 4.57 Å².